The summed E-state index contributed by atoms with van der Waals surface area (Å²) in [5.41, 5.74) is 0. The number of nitrogens with one attached hydrogen (secondary N) is 1. The Labute approximate surface area is 92.1 Å². The second kappa shape index (κ2) is 5.27. The maximum Gasteiger partial charge on any atom is 0.212 e. The van der Waals surface area contributed by atoms with Gasteiger partial charge in [-0.05, 0) is 18.8 Å². The molecule has 2 unspecified atom stereocenters. The fourth-order valence-corrected chi connectivity index (χ4v) is 3.68. The van der Waals surface area contributed by atoms with Crippen molar-refractivity contribution in [2.45, 2.75) is 51.7 Å². The molecule has 5 heteroatoms. The highest BCUT2D eigenvalue weighted by Gasteiger charge is 2.27. The van der Waals surface area contributed by atoms with Gasteiger partial charge in [0.25, 0.3) is 0 Å². The minimum absolute atomic E-state index is 0.114. The van der Waals surface area contributed by atoms with Crippen LogP contribution in [0.5, 0.6) is 0 Å². The average molecular weight is 235 g/mol. The molecule has 0 heterocycles. The highest BCUT2D eigenvalue weighted by Crippen LogP contribution is 2.19. The largest absolute Gasteiger partial charge is 0.391 e. The third-order valence-corrected chi connectivity index (χ3v) is 4.38. The van der Waals surface area contributed by atoms with Crippen molar-refractivity contribution in [2.75, 3.05) is 5.75 Å². The van der Waals surface area contributed by atoms with Crippen LogP contribution in [0.3, 0.4) is 0 Å². The summed E-state index contributed by atoms with van der Waals surface area (Å²) < 4.78 is 25.9. The number of aliphatic hydroxyl groups excluding tert-OH is 1. The molecule has 1 rings (SSSR count). The van der Waals surface area contributed by atoms with Crippen molar-refractivity contribution in [3.8, 4) is 0 Å². The lowest BCUT2D eigenvalue weighted by atomic mass is 9.93. The van der Waals surface area contributed by atoms with Crippen molar-refractivity contribution in [2.24, 2.45) is 5.92 Å². The van der Waals surface area contributed by atoms with Gasteiger partial charge in [-0.3, -0.25) is 0 Å². The second-order valence-electron chi connectivity index (χ2n) is 4.75. The fraction of sp³-hybridized carbons (Fsp3) is 1.00. The number of rotatable bonds is 4. The van der Waals surface area contributed by atoms with Crippen molar-refractivity contribution in [1.29, 1.82) is 0 Å². The standard InChI is InChI=1S/C10H21NO3S/c1-8(2)7-15(13,14)11-9-5-3-4-6-10(9)12/h8-12H,3-7H2,1-2H3. The van der Waals surface area contributed by atoms with E-state index in [9.17, 15) is 13.5 Å². The van der Waals surface area contributed by atoms with Gasteiger partial charge < -0.3 is 5.11 Å². The summed E-state index contributed by atoms with van der Waals surface area (Å²) in [6.45, 7) is 3.74. The molecule has 1 fully saturated rings. The summed E-state index contributed by atoms with van der Waals surface area (Å²) in [5.74, 6) is 0.249. The molecule has 15 heavy (non-hydrogen) atoms. The van der Waals surface area contributed by atoms with Crippen LogP contribution < -0.4 is 4.72 Å². The molecule has 0 radical (unpaired) electrons. The van der Waals surface area contributed by atoms with Gasteiger partial charge in [0, 0.05) is 6.04 Å². The van der Waals surface area contributed by atoms with Crippen molar-refractivity contribution in [3.63, 3.8) is 0 Å². The van der Waals surface area contributed by atoms with Gasteiger partial charge in [-0.25, -0.2) is 13.1 Å². The summed E-state index contributed by atoms with van der Waals surface area (Å²) in [7, 11) is -3.22. The normalized spacial score (nSPS) is 28.3. The number of sulfonamides is 1. The summed E-state index contributed by atoms with van der Waals surface area (Å²) in [4.78, 5) is 0. The van der Waals surface area contributed by atoms with Crippen molar-refractivity contribution in [3.05, 3.63) is 0 Å². The lowest BCUT2D eigenvalue weighted by Gasteiger charge is -2.28. The first-order valence-corrected chi connectivity index (χ1v) is 7.24. The summed E-state index contributed by atoms with van der Waals surface area (Å²) in [6, 6.07) is -0.275. The van der Waals surface area contributed by atoms with Gasteiger partial charge in [-0.15, -0.1) is 0 Å². The van der Waals surface area contributed by atoms with E-state index in [0.29, 0.717) is 6.42 Å². The minimum Gasteiger partial charge on any atom is -0.391 e. The van der Waals surface area contributed by atoms with Crippen LogP contribution in [0, 0.1) is 5.92 Å². The molecule has 0 saturated heterocycles. The van der Waals surface area contributed by atoms with E-state index in [-0.39, 0.29) is 17.7 Å². The van der Waals surface area contributed by atoms with Crippen LogP contribution in [0.15, 0.2) is 0 Å². The van der Waals surface area contributed by atoms with E-state index in [1.807, 2.05) is 13.8 Å². The first-order valence-electron chi connectivity index (χ1n) is 5.59. The van der Waals surface area contributed by atoms with E-state index in [0.717, 1.165) is 19.3 Å². The van der Waals surface area contributed by atoms with Gasteiger partial charge >= 0.3 is 0 Å². The maximum atomic E-state index is 11.6. The molecule has 0 aromatic heterocycles. The summed E-state index contributed by atoms with van der Waals surface area (Å²) in [6.07, 6.45) is 2.92. The zero-order valence-corrected chi connectivity index (χ0v) is 10.3. The topological polar surface area (TPSA) is 66.4 Å². The predicted molar refractivity (Wildman–Crippen MR) is 60.0 cm³/mol. The predicted octanol–water partition coefficient (Wildman–Crippen LogP) is 0.865. The Hall–Kier alpha value is -0.130. The molecule has 90 valence electrons. The van der Waals surface area contributed by atoms with Gasteiger partial charge in [0.15, 0.2) is 0 Å². The van der Waals surface area contributed by atoms with Gasteiger partial charge in [-0.2, -0.15) is 0 Å². The van der Waals surface area contributed by atoms with E-state index in [4.69, 9.17) is 0 Å². The zero-order chi connectivity index (χ0) is 11.5. The molecule has 0 aromatic rings. The third-order valence-electron chi connectivity index (χ3n) is 2.61. The first kappa shape index (κ1) is 12.9. The van der Waals surface area contributed by atoms with E-state index in [2.05, 4.69) is 4.72 Å². The Balaban J connectivity index is 2.52. The SMILES string of the molecule is CC(C)CS(=O)(=O)NC1CCCCC1O. The summed E-state index contributed by atoms with van der Waals surface area (Å²) in [5, 5.41) is 9.64. The maximum absolute atomic E-state index is 11.6. The molecule has 1 saturated carbocycles. The zero-order valence-electron chi connectivity index (χ0n) is 9.44. The third kappa shape index (κ3) is 4.49. The molecule has 4 nitrogen and oxygen atoms in total. The molecule has 2 N–H and O–H groups in total. The fourth-order valence-electron chi connectivity index (χ4n) is 1.97. The van der Waals surface area contributed by atoms with Crippen LogP contribution in [0.4, 0.5) is 0 Å². The second-order valence-corrected chi connectivity index (χ2v) is 6.55. The molecule has 1 aliphatic rings. The van der Waals surface area contributed by atoms with Crippen molar-refractivity contribution >= 4 is 10.0 Å². The Morgan fingerprint density at radius 1 is 1.33 bits per heavy atom. The van der Waals surface area contributed by atoms with Gasteiger partial charge in [-0.1, -0.05) is 26.7 Å². The molecule has 0 bridgehead atoms. The Kier molecular flexibility index (Phi) is 4.55. The number of aliphatic hydroxyl groups is 1. The lowest BCUT2D eigenvalue weighted by molar-refractivity contribution is 0.101. The van der Waals surface area contributed by atoms with Crippen LogP contribution >= 0.6 is 0 Å². The van der Waals surface area contributed by atoms with Gasteiger partial charge in [0.1, 0.15) is 0 Å². The molecule has 0 aromatic carbocycles. The molecule has 0 aliphatic heterocycles. The molecule has 0 amide bonds. The van der Waals surface area contributed by atoms with Crippen molar-refractivity contribution < 1.29 is 13.5 Å². The van der Waals surface area contributed by atoms with E-state index < -0.39 is 16.1 Å². The highest BCUT2D eigenvalue weighted by atomic mass is 32.2. The number of hydrogen-bond acceptors (Lipinski definition) is 3. The average Bonchev–Trinajstić information content (AvgIpc) is 2.06. The van der Waals surface area contributed by atoms with Crippen LogP contribution in [0.1, 0.15) is 39.5 Å². The van der Waals surface area contributed by atoms with Crippen LogP contribution in [0.25, 0.3) is 0 Å². The molecule has 0 spiro atoms. The molecule has 1 aliphatic carbocycles. The minimum atomic E-state index is -3.22. The molecular weight excluding hydrogens is 214 g/mol. The Morgan fingerprint density at radius 2 is 1.93 bits per heavy atom. The smallest absolute Gasteiger partial charge is 0.212 e. The van der Waals surface area contributed by atoms with E-state index in [1.54, 1.807) is 0 Å². The van der Waals surface area contributed by atoms with E-state index >= 15 is 0 Å². The van der Waals surface area contributed by atoms with Crippen LogP contribution in [-0.2, 0) is 10.0 Å². The molecular formula is C10H21NO3S. The van der Waals surface area contributed by atoms with Crippen LogP contribution in [0.2, 0.25) is 0 Å². The monoisotopic (exact) mass is 235 g/mol. The van der Waals surface area contributed by atoms with Gasteiger partial charge in [0.2, 0.25) is 10.0 Å². The van der Waals surface area contributed by atoms with Gasteiger partial charge in [0.05, 0.1) is 11.9 Å². The quantitative estimate of drug-likeness (QED) is 0.759. The highest BCUT2D eigenvalue weighted by molar-refractivity contribution is 7.89. The lowest BCUT2D eigenvalue weighted by Crippen LogP contribution is -2.46. The van der Waals surface area contributed by atoms with E-state index in [1.165, 1.54) is 0 Å². The molecule has 2 atom stereocenters. The Bertz CT molecular complexity index is 287. The summed E-state index contributed by atoms with van der Waals surface area (Å²) >= 11 is 0. The first-order chi connectivity index (χ1) is 6.91. The Morgan fingerprint density at radius 3 is 2.47 bits per heavy atom. The number of hydrogen-bond donors (Lipinski definition) is 2. The van der Waals surface area contributed by atoms with Crippen molar-refractivity contribution in [1.82, 2.24) is 4.72 Å². The van der Waals surface area contributed by atoms with Crippen LogP contribution in [-0.4, -0.2) is 31.4 Å².